The van der Waals surface area contributed by atoms with E-state index in [0.29, 0.717) is 21.9 Å². The Kier molecular flexibility index (Phi) is 5.13. The number of benzene rings is 1. The van der Waals surface area contributed by atoms with E-state index in [0.717, 1.165) is 38.1 Å². The highest BCUT2D eigenvalue weighted by Crippen LogP contribution is 2.33. The Morgan fingerprint density at radius 2 is 2.11 bits per heavy atom. The molecule has 1 saturated heterocycles. The van der Waals surface area contributed by atoms with Gasteiger partial charge in [0.25, 0.3) is 0 Å². The van der Waals surface area contributed by atoms with Crippen molar-refractivity contribution >= 4 is 23.2 Å². The van der Waals surface area contributed by atoms with Crippen molar-refractivity contribution in [3.8, 4) is 5.75 Å². The van der Waals surface area contributed by atoms with E-state index in [9.17, 15) is 0 Å². The minimum atomic E-state index is 0.342. The van der Waals surface area contributed by atoms with E-state index in [1.165, 1.54) is 0 Å². The molecule has 5 heteroatoms. The van der Waals surface area contributed by atoms with Gasteiger partial charge in [0.15, 0.2) is 5.75 Å². The Labute approximate surface area is 117 Å². The number of hydrogen-bond acceptors (Lipinski definition) is 3. The van der Waals surface area contributed by atoms with Crippen molar-refractivity contribution < 1.29 is 9.47 Å². The predicted molar refractivity (Wildman–Crippen MR) is 73.7 cm³/mol. The van der Waals surface area contributed by atoms with Gasteiger partial charge in [-0.1, -0.05) is 23.2 Å². The van der Waals surface area contributed by atoms with Crippen LogP contribution in [0.25, 0.3) is 0 Å². The lowest BCUT2D eigenvalue weighted by molar-refractivity contribution is 0.110. The second-order valence-corrected chi connectivity index (χ2v) is 5.17. The van der Waals surface area contributed by atoms with E-state index in [-0.39, 0.29) is 0 Å². The second-order valence-electron chi connectivity index (χ2n) is 4.36. The quantitative estimate of drug-likeness (QED) is 0.902. The monoisotopic (exact) mass is 289 g/mol. The zero-order valence-electron chi connectivity index (χ0n) is 10.3. The van der Waals surface area contributed by atoms with Crippen molar-refractivity contribution in [2.75, 3.05) is 20.3 Å². The highest BCUT2D eigenvalue weighted by Gasteiger charge is 2.15. The van der Waals surface area contributed by atoms with Crippen LogP contribution in [0.3, 0.4) is 0 Å². The molecule has 3 nitrogen and oxygen atoms in total. The molecule has 0 saturated carbocycles. The van der Waals surface area contributed by atoms with Crippen LogP contribution in [0.1, 0.15) is 18.4 Å². The minimum Gasteiger partial charge on any atom is -0.494 e. The normalized spacial score (nSPS) is 19.2. The standard InChI is InChI=1S/C13H17Cl2NO2/c1-17-13-11(14)5-9(6-12(13)15)7-16-8-10-3-2-4-18-10/h5-6,10,16H,2-4,7-8H2,1H3/t10-/m1/s1. The second kappa shape index (κ2) is 6.62. The van der Waals surface area contributed by atoms with Gasteiger partial charge in [-0.3, -0.25) is 0 Å². The van der Waals surface area contributed by atoms with Gasteiger partial charge in [-0.25, -0.2) is 0 Å². The summed E-state index contributed by atoms with van der Waals surface area (Å²) in [4.78, 5) is 0. The molecule has 0 aliphatic carbocycles. The summed E-state index contributed by atoms with van der Waals surface area (Å²) in [7, 11) is 1.56. The third-order valence-corrected chi connectivity index (χ3v) is 3.55. The Morgan fingerprint density at radius 1 is 1.39 bits per heavy atom. The number of rotatable bonds is 5. The summed E-state index contributed by atoms with van der Waals surface area (Å²) in [5.41, 5.74) is 1.05. The minimum absolute atomic E-state index is 0.342. The number of methoxy groups -OCH3 is 1. The third-order valence-electron chi connectivity index (χ3n) is 2.99. The molecule has 18 heavy (non-hydrogen) atoms. The van der Waals surface area contributed by atoms with E-state index in [2.05, 4.69) is 5.32 Å². The lowest BCUT2D eigenvalue weighted by Gasteiger charge is -2.12. The van der Waals surface area contributed by atoms with Crippen LogP contribution in [0.4, 0.5) is 0 Å². The summed E-state index contributed by atoms with van der Waals surface area (Å²) < 4.78 is 10.7. The largest absolute Gasteiger partial charge is 0.494 e. The number of ether oxygens (including phenoxy) is 2. The predicted octanol–water partition coefficient (Wildman–Crippen LogP) is 3.27. The fraction of sp³-hybridized carbons (Fsp3) is 0.538. The van der Waals surface area contributed by atoms with Gasteiger partial charge in [-0.15, -0.1) is 0 Å². The highest BCUT2D eigenvalue weighted by atomic mass is 35.5. The van der Waals surface area contributed by atoms with Gasteiger partial charge in [0.1, 0.15) is 0 Å². The molecule has 0 radical (unpaired) electrons. The van der Waals surface area contributed by atoms with Crippen LogP contribution in [0, 0.1) is 0 Å². The van der Waals surface area contributed by atoms with Gasteiger partial charge in [-0.05, 0) is 30.5 Å². The summed E-state index contributed by atoms with van der Waals surface area (Å²) >= 11 is 12.2. The number of hydrogen-bond donors (Lipinski definition) is 1. The average molecular weight is 290 g/mol. The first kappa shape index (κ1) is 13.9. The molecule has 1 aliphatic heterocycles. The summed E-state index contributed by atoms with van der Waals surface area (Å²) in [5.74, 6) is 0.529. The van der Waals surface area contributed by atoms with Crippen LogP contribution >= 0.6 is 23.2 Å². The van der Waals surface area contributed by atoms with E-state index in [1.807, 2.05) is 12.1 Å². The van der Waals surface area contributed by atoms with Crippen molar-refractivity contribution in [2.24, 2.45) is 0 Å². The molecule has 1 fully saturated rings. The van der Waals surface area contributed by atoms with Crippen molar-refractivity contribution in [1.82, 2.24) is 5.32 Å². The lowest BCUT2D eigenvalue weighted by Crippen LogP contribution is -2.25. The molecule has 2 rings (SSSR count). The van der Waals surface area contributed by atoms with E-state index in [1.54, 1.807) is 7.11 Å². The Hall–Kier alpha value is -0.480. The zero-order chi connectivity index (χ0) is 13.0. The average Bonchev–Trinajstić information content (AvgIpc) is 2.82. The fourth-order valence-corrected chi connectivity index (χ4v) is 2.78. The van der Waals surface area contributed by atoms with Gasteiger partial charge >= 0.3 is 0 Å². The van der Waals surface area contributed by atoms with Crippen molar-refractivity contribution in [1.29, 1.82) is 0 Å². The van der Waals surface area contributed by atoms with Gasteiger partial charge in [0.2, 0.25) is 0 Å². The first-order valence-corrected chi connectivity index (χ1v) is 6.80. The summed E-state index contributed by atoms with van der Waals surface area (Å²) in [6.45, 7) is 2.47. The highest BCUT2D eigenvalue weighted by molar-refractivity contribution is 6.37. The van der Waals surface area contributed by atoms with Crippen LogP contribution < -0.4 is 10.1 Å². The topological polar surface area (TPSA) is 30.5 Å². The Bertz CT molecular complexity index is 383. The van der Waals surface area contributed by atoms with Crippen LogP contribution in [0.15, 0.2) is 12.1 Å². The van der Waals surface area contributed by atoms with Crippen LogP contribution in [-0.2, 0) is 11.3 Å². The molecule has 1 atom stereocenters. The molecule has 0 spiro atoms. The molecule has 1 heterocycles. The molecular weight excluding hydrogens is 273 g/mol. The first-order valence-electron chi connectivity index (χ1n) is 6.05. The van der Waals surface area contributed by atoms with Crippen molar-refractivity contribution in [3.63, 3.8) is 0 Å². The molecule has 0 amide bonds. The van der Waals surface area contributed by atoms with Crippen LogP contribution in [-0.4, -0.2) is 26.4 Å². The third kappa shape index (κ3) is 3.51. The molecule has 100 valence electrons. The lowest BCUT2D eigenvalue weighted by atomic mass is 10.2. The smallest absolute Gasteiger partial charge is 0.156 e. The molecule has 1 aromatic carbocycles. The zero-order valence-corrected chi connectivity index (χ0v) is 11.9. The van der Waals surface area contributed by atoms with Crippen molar-refractivity contribution in [3.05, 3.63) is 27.7 Å². The Balaban J connectivity index is 1.89. The summed E-state index contributed by atoms with van der Waals surface area (Å²) in [6, 6.07) is 3.74. The number of nitrogens with one attached hydrogen (secondary N) is 1. The van der Waals surface area contributed by atoms with Crippen LogP contribution in [0.5, 0.6) is 5.75 Å². The maximum Gasteiger partial charge on any atom is 0.156 e. The summed E-state index contributed by atoms with van der Waals surface area (Å²) in [6.07, 6.45) is 2.64. The SMILES string of the molecule is COc1c(Cl)cc(CNC[C@H]2CCCO2)cc1Cl. The first-order chi connectivity index (χ1) is 8.70. The molecule has 0 aromatic heterocycles. The van der Waals surface area contributed by atoms with Gasteiger partial charge in [0.05, 0.1) is 23.3 Å². The van der Waals surface area contributed by atoms with Gasteiger partial charge in [-0.2, -0.15) is 0 Å². The molecular formula is C13H17Cl2NO2. The molecule has 0 bridgehead atoms. The van der Waals surface area contributed by atoms with E-state index < -0.39 is 0 Å². The molecule has 0 unspecified atom stereocenters. The fourth-order valence-electron chi connectivity index (χ4n) is 2.09. The van der Waals surface area contributed by atoms with E-state index in [4.69, 9.17) is 32.7 Å². The van der Waals surface area contributed by atoms with E-state index >= 15 is 0 Å². The Morgan fingerprint density at radius 3 is 2.67 bits per heavy atom. The molecule has 1 aliphatic rings. The maximum absolute atomic E-state index is 6.08. The van der Waals surface area contributed by atoms with Gasteiger partial charge in [0, 0.05) is 19.7 Å². The van der Waals surface area contributed by atoms with Crippen molar-refractivity contribution in [2.45, 2.75) is 25.5 Å². The van der Waals surface area contributed by atoms with Crippen LogP contribution in [0.2, 0.25) is 10.0 Å². The summed E-state index contributed by atoms with van der Waals surface area (Å²) in [5, 5.41) is 4.43. The number of halogens is 2. The molecule has 1 aromatic rings. The maximum atomic E-state index is 6.08. The molecule has 1 N–H and O–H groups in total. The van der Waals surface area contributed by atoms with Gasteiger partial charge < -0.3 is 14.8 Å².